The Labute approximate surface area is 132 Å². The smallest absolute Gasteiger partial charge is 0.0612 e. The topological polar surface area (TPSA) is 12.0 Å². The second kappa shape index (κ2) is 6.23. The zero-order valence-corrected chi connectivity index (χ0v) is 13.1. The molecule has 2 aromatic rings. The van der Waals surface area contributed by atoms with Crippen molar-refractivity contribution < 1.29 is 0 Å². The molecule has 2 rings (SSSR count). The van der Waals surface area contributed by atoms with Crippen LogP contribution < -0.4 is 5.32 Å². The molecule has 1 unspecified atom stereocenters. The van der Waals surface area contributed by atoms with E-state index in [0.717, 1.165) is 11.3 Å². The number of anilines is 1. The van der Waals surface area contributed by atoms with Gasteiger partial charge in [0.05, 0.1) is 20.1 Å². The third-order valence-electron chi connectivity index (χ3n) is 2.75. The van der Waals surface area contributed by atoms with Crippen LogP contribution >= 0.6 is 46.4 Å². The minimum absolute atomic E-state index is 0.0759. The van der Waals surface area contributed by atoms with Crippen LogP contribution in [0.1, 0.15) is 18.5 Å². The molecule has 0 aliphatic heterocycles. The molecule has 1 nitrogen and oxygen atoms in total. The van der Waals surface area contributed by atoms with Crippen molar-refractivity contribution in [1.29, 1.82) is 0 Å². The fourth-order valence-electron chi connectivity index (χ4n) is 1.70. The summed E-state index contributed by atoms with van der Waals surface area (Å²) in [6.07, 6.45) is 0. The molecule has 19 heavy (non-hydrogen) atoms. The highest BCUT2D eigenvalue weighted by Crippen LogP contribution is 2.29. The van der Waals surface area contributed by atoms with Crippen molar-refractivity contribution in [2.24, 2.45) is 0 Å². The Morgan fingerprint density at radius 1 is 0.789 bits per heavy atom. The highest BCUT2D eigenvalue weighted by atomic mass is 35.5. The quantitative estimate of drug-likeness (QED) is 0.677. The van der Waals surface area contributed by atoms with Crippen molar-refractivity contribution in [3.05, 3.63) is 62.1 Å². The van der Waals surface area contributed by atoms with E-state index in [4.69, 9.17) is 46.4 Å². The first kappa shape index (κ1) is 14.8. The molecule has 1 atom stereocenters. The van der Waals surface area contributed by atoms with E-state index in [9.17, 15) is 0 Å². The van der Waals surface area contributed by atoms with Gasteiger partial charge >= 0.3 is 0 Å². The third kappa shape index (κ3) is 3.70. The highest BCUT2D eigenvalue weighted by Gasteiger charge is 2.08. The Balaban J connectivity index is 2.17. The lowest BCUT2D eigenvalue weighted by Gasteiger charge is -2.16. The molecule has 0 spiro atoms. The van der Waals surface area contributed by atoms with E-state index in [-0.39, 0.29) is 6.04 Å². The van der Waals surface area contributed by atoms with E-state index in [1.54, 1.807) is 18.2 Å². The summed E-state index contributed by atoms with van der Waals surface area (Å²) >= 11 is 23.8. The summed E-state index contributed by atoms with van der Waals surface area (Å²) < 4.78 is 0. The molecule has 0 fully saturated rings. The molecular formula is C14H11Cl4N. The van der Waals surface area contributed by atoms with E-state index in [1.807, 2.05) is 25.1 Å². The lowest BCUT2D eigenvalue weighted by atomic mass is 10.1. The van der Waals surface area contributed by atoms with Gasteiger partial charge in [-0.2, -0.15) is 0 Å². The van der Waals surface area contributed by atoms with Crippen molar-refractivity contribution in [2.75, 3.05) is 5.32 Å². The average Bonchev–Trinajstić information content (AvgIpc) is 2.37. The summed E-state index contributed by atoms with van der Waals surface area (Å²) in [7, 11) is 0. The summed E-state index contributed by atoms with van der Waals surface area (Å²) in [5.74, 6) is 0. The van der Waals surface area contributed by atoms with Crippen LogP contribution in [0.15, 0.2) is 36.4 Å². The van der Waals surface area contributed by atoms with E-state index in [2.05, 4.69) is 5.32 Å². The first-order valence-corrected chi connectivity index (χ1v) is 7.15. The maximum absolute atomic E-state index is 6.01. The molecule has 100 valence electrons. The molecule has 0 aliphatic rings. The largest absolute Gasteiger partial charge is 0.378 e. The van der Waals surface area contributed by atoms with Crippen LogP contribution in [0.2, 0.25) is 20.1 Å². The van der Waals surface area contributed by atoms with E-state index in [1.165, 1.54) is 0 Å². The van der Waals surface area contributed by atoms with Crippen molar-refractivity contribution in [3.8, 4) is 0 Å². The zero-order chi connectivity index (χ0) is 14.0. The number of nitrogens with one attached hydrogen (secondary N) is 1. The third-order valence-corrected chi connectivity index (χ3v) is 4.22. The first-order chi connectivity index (χ1) is 8.97. The van der Waals surface area contributed by atoms with Gasteiger partial charge in [0.15, 0.2) is 0 Å². The number of halogens is 4. The van der Waals surface area contributed by atoms with Crippen molar-refractivity contribution in [2.45, 2.75) is 13.0 Å². The first-order valence-electron chi connectivity index (χ1n) is 5.64. The number of hydrogen-bond donors (Lipinski definition) is 1. The molecule has 0 bridgehead atoms. The molecular weight excluding hydrogens is 324 g/mol. The van der Waals surface area contributed by atoms with Gasteiger partial charge in [0.25, 0.3) is 0 Å². The number of hydrogen-bond acceptors (Lipinski definition) is 1. The van der Waals surface area contributed by atoms with Gasteiger partial charge in [-0.1, -0.05) is 52.5 Å². The van der Waals surface area contributed by atoms with Crippen LogP contribution in [0, 0.1) is 0 Å². The Morgan fingerprint density at radius 2 is 1.37 bits per heavy atom. The highest BCUT2D eigenvalue weighted by molar-refractivity contribution is 6.42. The number of benzene rings is 2. The van der Waals surface area contributed by atoms with Gasteiger partial charge in [0.2, 0.25) is 0 Å². The molecule has 0 radical (unpaired) electrons. The van der Waals surface area contributed by atoms with Crippen LogP contribution in [0.25, 0.3) is 0 Å². The van der Waals surface area contributed by atoms with Crippen molar-refractivity contribution >= 4 is 52.1 Å². The van der Waals surface area contributed by atoms with Gasteiger partial charge < -0.3 is 5.32 Å². The normalized spacial score (nSPS) is 12.3. The average molecular weight is 335 g/mol. The Morgan fingerprint density at radius 3 is 1.95 bits per heavy atom. The molecule has 1 N–H and O–H groups in total. The molecule has 0 aliphatic carbocycles. The van der Waals surface area contributed by atoms with Gasteiger partial charge in [-0.3, -0.25) is 0 Å². The summed E-state index contributed by atoms with van der Waals surface area (Å²) in [6.45, 7) is 2.03. The molecule has 0 saturated carbocycles. The summed E-state index contributed by atoms with van der Waals surface area (Å²) in [5.41, 5.74) is 1.94. The molecule has 0 aromatic heterocycles. The summed E-state index contributed by atoms with van der Waals surface area (Å²) in [5, 5.41) is 5.48. The van der Waals surface area contributed by atoms with Crippen LogP contribution in [-0.4, -0.2) is 0 Å². The van der Waals surface area contributed by atoms with E-state index < -0.39 is 0 Å². The fourth-order valence-corrected chi connectivity index (χ4v) is 2.31. The van der Waals surface area contributed by atoms with Crippen molar-refractivity contribution in [1.82, 2.24) is 0 Å². The molecule has 0 heterocycles. The maximum Gasteiger partial charge on any atom is 0.0612 e. The van der Waals surface area contributed by atoms with E-state index in [0.29, 0.717) is 20.1 Å². The molecule has 0 saturated heterocycles. The van der Waals surface area contributed by atoms with Gasteiger partial charge in [-0.25, -0.2) is 0 Å². The van der Waals surface area contributed by atoms with E-state index >= 15 is 0 Å². The zero-order valence-electron chi connectivity index (χ0n) is 10.1. The minimum Gasteiger partial charge on any atom is -0.378 e. The van der Waals surface area contributed by atoms with Crippen LogP contribution in [0.5, 0.6) is 0 Å². The Kier molecular flexibility index (Phi) is 4.86. The van der Waals surface area contributed by atoms with Gasteiger partial charge in [0, 0.05) is 11.7 Å². The fraction of sp³-hybridized carbons (Fsp3) is 0.143. The Bertz CT molecular complexity index is 598. The Hall–Kier alpha value is -0.600. The second-order valence-corrected chi connectivity index (χ2v) is 5.80. The standard InChI is InChI=1S/C14H11Cl4N/c1-8(9-2-4-11(15)13(17)6-9)19-10-3-5-12(16)14(18)7-10/h2-8,19H,1H3. The lowest BCUT2D eigenvalue weighted by Crippen LogP contribution is -2.06. The van der Waals surface area contributed by atoms with Crippen LogP contribution in [0.4, 0.5) is 5.69 Å². The summed E-state index contributed by atoms with van der Waals surface area (Å²) in [4.78, 5) is 0. The van der Waals surface area contributed by atoms with Gasteiger partial charge in [-0.05, 0) is 42.8 Å². The SMILES string of the molecule is CC(Nc1ccc(Cl)c(Cl)c1)c1ccc(Cl)c(Cl)c1. The monoisotopic (exact) mass is 333 g/mol. The van der Waals surface area contributed by atoms with Gasteiger partial charge in [0.1, 0.15) is 0 Å². The maximum atomic E-state index is 6.01. The second-order valence-electron chi connectivity index (χ2n) is 4.17. The van der Waals surface area contributed by atoms with Crippen molar-refractivity contribution in [3.63, 3.8) is 0 Å². The lowest BCUT2D eigenvalue weighted by molar-refractivity contribution is 0.885. The summed E-state index contributed by atoms with van der Waals surface area (Å²) in [6, 6.07) is 11.1. The predicted octanol–water partition coefficient (Wildman–Crippen LogP) is 6.47. The minimum atomic E-state index is 0.0759. The van der Waals surface area contributed by atoms with Crippen LogP contribution in [-0.2, 0) is 0 Å². The molecule has 5 heteroatoms. The predicted molar refractivity (Wildman–Crippen MR) is 85.0 cm³/mol. The molecule has 2 aromatic carbocycles. The van der Waals surface area contributed by atoms with Gasteiger partial charge in [-0.15, -0.1) is 0 Å². The van der Waals surface area contributed by atoms with Crippen LogP contribution in [0.3, 0.4) is 0 Å². The number of rotatable bonds is 3. The molecule has 0 amide bonds.